The van der Waals surface area contributed by atoms with Crippen LogP contribution in [0.5, 0.6) is 11.5 Å². The molecule has 0 saturated heterocycles. The number of aromatic amines is 1. The van der Waals surface area contributed by atoms with E-state index in [1.807, 2.05) is 12.1 Å². The first-order chi connectivity index (χ1) is 12.1. The summed E-state index contributed by atoms with van der Waals surface area (Å²) in [6.07, 6.45) is 1.79. The molecule has 1 aromatic carbocycles. The van der Waals surface area contributed by atoms with Gasteiger partial charge in [-0.2, -0.15) is 4.98 Å². The Morgan fingerprint density at radius 3 is 2.72 bits per heavy atom. The van der Waals surface area contributed by atoms with Crippen LogP contribution in [0.4, 0.5) is 11.8 Å². The van der Waals surface area contributed by atoms with Gasteiger partial charge in [-0.15, -0.1) is 0 Å². The maximum atomic E-state index is 5.86. The molecule has 25 heavy (non-hydrogen) atoms. The molecule has 7 nitrogen and oxygen atoms in total. The number of ether oxygens (including phenoxy) is 2. The minimum Gasteiger partial charge on any atom is -0.497 e. The molecule has 0 saturated carbocycles. The molecular weight excluding hydrogens is 342 g/mol. The predicted molar refractivity (Wildman–Crippen MR) is 99.7 cm³/mol. The molecule has 3 rings (SSSR count). The Hall–Kier alpha value is -2.67. The summed E-state index contributed by atoms with van der Waals surface area (Å²) in [5, 5.41) is 4.57. The van der Waals surface area contributed by atoms with E-state index in [-0.39, 0.29) is 5.95 Å². The molecule has 132 valence electrons. The van der Waals surface area contributed by atoms with Crippen LogP contribution in [-0.2, 0) is 6.42 Å². The van der Waals surface area contributed by atoms with Crippen LogP contribution in [0.1, 0.15) is 12.1 Å². The molecule has 8 heteroatoms. The van der Waals surface area contributed by atoms with Crippen molar-refractivity contribution in [2.24, 2.45) is 0 Å². The van der Waals surface area contributed by atoms with Gasteiger partial charge < -0.3 is 25.5 Å². The monoisotopic (exact) mass is 361 g/mol. The number of hydrogen-bond donors (Lipinski definition) is 3. The maximum Gasteiger partial charge on any atom is 0.223 e. The van der Waals surface area contributed by atoms with Crippen molar-refractivity contribution in [3.8, 4) is 11.5 Å². The Labute approximate surface area is 150 Å². The first kappa shape index (κ1) is 17.2. The molecular formula is C17H20ClN5O2. The Bertz CT molecular complexity index is 861. The molecule has 2 aromatic heterocycles. The third-order valence-electron chi connectivity index (χ3n) is 3.83. The number of aryl methyl sites for hydroxylation is 1. The second-order valence-electron chi connectivity index (χ2n) is 5.55. The van der Waals surface area contributed by atoms with Crippen molar-refractivity contribution in [3.05, 3.63) is 35.1 Å². The van der Waals surface area contributed by atoms with Crippen LogP contribution in [0, 0.1) is 0 Å². The number of hydrogen-bond acceptors (Lipinski definition) is 6. The summed E-state index contributed by atoms with van der Waals surface area (Å²) in [4.78, 5) is 11.3. The molecule has 0 spiro atoms. The lowest BCUT2D eigenvalue weighted by atomic mass is 10.2. The van der Waals surface area contributed by atoms with Crippen LogP contribution in [0.3, 0.4) is 0 Å². The zero-order valence-corrected chi connectivity index (χ0v) is 14.9. The molecule has 2 heterocycles. The number of benzene rings is 1. The summed E-state index contributed by atoms with van der Waals surface area (Å²) in [5.41, 5.74) is 7.70. The fourth-order valence-electron chi connectivity index (χ4n) is 2.68. The summed E-state index contributed by atoms with van der Waals surface area (Å²) in [6.45, 7) is 0.739. The first-order valence-corrected chi connectivity index (χ1v) is 8.24. The highest BCUT2D eigenvalue weighted by molar-refractivity contribution is 6.29. The van der Waals surface area contributed by atoms with Gasteiger partial charge in [0, 0.05) is 35.8 Å². The lowest BCUT2D eigenvalue weighted by molar-refractivity contribution is 0.398. The van der Waals surface area contributed by atoms with Gasteiger partial charge in [0.25, 0.3) is 0 Å². The molecule has 0 aliphatic rings. The Morgan fingerprint density at radius 2 is 2.00 bits per heavy atom. The minimum absolute atomic E-state index is 0.159. The van der Waals surface area contributed by atoms with Crippen LogP contribution in [-0.4, -0.2) is 35.7 Å². The third-order valence-corrected chi connectivity index (χ3v) is 4.02. The number of fused-ring (bicyclic) bond motifs is 1. The summed E-state index contributed by atoms with van der Waals surface area (Å²) in [6, 6.07) is 7.60. The molecule has 0 atom stereocenters. The number of nitrogens with one attached hydrogen (secondary N) is 2. The topological polar surface area (TPSA) is 98.1 Å². The van der Waals surface area contributed by atoms with E-state index in [9.17, 15) is 0 Å². The number of rotatable bonds is 7. The van der Waals surface area contributed by atoms with Crippen LogP contribution in [0.15, 0.2) is 24.3 Å². The van der Waals surface area contributed by atoms with Crippen molar-refractivity contribution in [2.45, 2.75) is 12.8 Å². The van der Waals surface area contributed by atoms with Crippen LogP contribution in [0.25, 0.3) is 10.9 Å². The minimum atomic E-state index is 0.159. The summed E-state index contributed by atoms with van der Waals surface area (Å²) in [7, 11) is 3.30. The molecule has 0 bridgehead atoms. The first-order valence-electron chi connectivity index (χ1n) is 7.86. The third kappa shape index (κ3) is 4.06. The number of aromatic nitrogens is 3. The zero-order chi connectivity index (χ0) is 17.8. The number of methoxy groups -OCH3 is 2. The van der Waals surface area contributed by atoms with E-state index < -0.39 is 0 Å². The molecule has 0 aliphatic carbocycles. The van der Waals surface area contributed by atoms with E-state index in [2.05, 4.69) is 26.3 Å². The second kappa shape index (κ2) is 7.48. The Kier molecular flexibility index (Phi) is 5.14. The number of nitrogen functional groups attached to an aromatic ring is 1. The highest BCUT2D eigenvalue weighted by atomic mass is 35.5. The van der Waals surface area contributed by atoms with Gasteiger partial charge in [-0.3, -0.25) is 0 Å². The second-order valence-corrected chi connectivity index (χ2v) is 5.94. The van der Waals surface area contributed by atoms with Crippen molar-refractivity contribution >= 4 is 34.3 Å². The summed E-state index contributed by atoms with van der Waals surface area (Å²) >= 11 is 5.86. The molecule has 0 aliphatic heterocycles. The van der Waals surface area contributed by atoms with Gasteiger partial charge in [-0.05, 0) is 18.9 Å². The Morgan fingerprint density at radius 1 is 1.16 bits per heavy atom. The number of nitrogens with zero attached hydrogens (tertiary/aromatic N) is 2. The molecule has 0 fully saturated rings. The van der Waals surface area contributed by atoms with Gasteiger partial charge in [0.1, 0.15) is 22.5 Å². The van der Waals surface area contributed by atoms with Crippen LogP contribution < -0.4 is 20.5 Å². The van der Waals surface area contributed by atoms with E-state index in [0.29, 0.717) is 11.0 Å². The lowest BCUT2D eigenvalue weighted by Crippen LogP contribution is -2.06. The largest absolute Gasteiger partial charge is 0.497 e. The Balaban J connectivity index is 1.63. The molecule has 0 amide bonds. The fourth-order valence-corrected chi connectivity index (χ4v) is 2.87. The van der Waals surface area contributed by atoms with Crippen molar-refractivity contribution in [1.29, 1.82) is 0 Å². The number of halogens is 1. The van der Waals surface area contributed by atoms with Crippen LogP contribution in [0.2, 0.25) is 5.15 Å². The number of nitrogens with two attached hydrogens (primary N) is 1. The average Bonchev–Trinajstić information content (AvgIpc) is 2.99. The fraction of sp³-hybridized carbons (Fsp3) is 0.294. The summed E-state index contributed by atoms with van der Waals surface area (Å²) in [5.74, 6) is 2.34. The zero-order valence-electron chi connectivity index (χ0n) is 14.1. The molecule has 0 radical (unpaired) electrons. The smallest absolute Gasteiger partial charge is 0.223 e. The number of anilines is 2. The number of H-pyrrole nitrogens is 1. The maximum absolute atomic E-state index is 5.86. The summed E-state index contributed by atoms with van der Waals surface area (Å²) < 4.78 is 10.7. The van der Waals surface area contributed by atoms with E-state index in [4.69, 9.17) is 26.8 Å². The quantitative estimate of drug-likeness (QED) is 0.441. The average molecular weight is 362 g/mol. The van der Waals surface area contributed by atoms with Gasteiger partial charge in [0.05, 0.1) is 19.7 Å². The highest BCUT2D eigenvalue weighted by Gasteiger charge is 2.09. The molecule has 0 unspecified atom stereocenters. The SMILES string of the molecule is COc1cc(OC)c2cc(CCCNc3cc(Cl)nc(N)n3)[nH]c2c1. The van der Waals surface area contributed by atoms with Gasteiger partial charge in [-0.1, -0.05) is 11.6 Å². The van der Waals surface area contributed by atoms with E-state index in [0.717, 1.165) is 47.5 Å². The van der Waals surface area contributed by atoms with Crippen molar-refractivity contribution in [2.75, 3.05) is 31.8 Å². The van der Waals surface area contributed by atoms with Crippen molar-refractivity contribution in [1.82, 2.24) is 15.0 Å². The normalized spacial score (nSPS) is 10.8. The molecule has 4 N–H and O–H groups in total. The highest BCUT2D eigenvalue weighted by Crippen LogP contribution is 2.31. The van der Waals surface area contributed by atoms with Crippen molar-refractivity contribution < 1.29 is 9.47 Å². The van der Waals surface area contributed by atoms with E-state index in [1.54, 1.807) is 20.3 Å². The van der Waals surface area contributed by atoms with Gasteiger partial charge in [0.2, 0.25) is 5.95 Å². The van der Waals surface area contributed by atoms with E-state index in [1.165, 1.54) is 0 Å². The standard InChI is InChI=1S/C17H20ClN5O2/c1-24-11-7-13-12(14(8-11)25-2)6-10(21-13)4-3-5-20-16-9-15(18)22-17(19)23-16/h6-9,21H,3-5H2,1-2H3,(H3,19,20,22,23). The van der Waals surface area contributed by atoms with Crippen LogP contribution >= 0.6 is 11.6 Å². The van der Waals surface area contributed by atoms with Gasteiger partial charge in [-0.25, -0.2) is 4.98 Å². The van der Waals surface area contributed by atoms with Gasteiger partial charge >= 0.3 is 0 Å². The molecule has 3 aromatic rings. The predicted octanol–water partition coefficient (Wildman–Crippen LogP) is 3.26. The van der Waals surface area contributed by atoms with Gasteiger partial charge in [0.15, 0.2) is 0 Å². The lowest BCUT2D eigenvalue weighted by Gasteiger charge is -2.05. The van der Waals surface area contributed by atoms with E-state index >= 15 is 0 Å². The van der Waals surface area contributed by atoms with Crippen molar-refractivity contribution in [3.63, 3.8) is 0 Å².